The number of hydrogen-bond donors (Lipinski definition) is 1. The van der Waals surface area contributed by atoms with Gasteiger partial charge in [0.25, 0.3) is 5.69 Å². The Morgan fingerprint density at radius 3 is 1.95 bits per heavy atom. The van der Waals surface area contributed by atoms with E-state index in [1.165, 1.54) is 19.1 Å². The molecule has 0 aliphatic rings. The molecule has 21 heavy (non-hydrogen) atoms. The van der Waals surface area contributed by atoms with Gasteiger partial charge in [-0.2, -0.15) is 0 Å². The third kappa shape index (κ3) is 3.54. The molecule has 0 bridgehead atoms. The van der Waals surface area contributed by atoms with E-state index in [9.17, 15) is 20.0 Å². The SMILES string of the molecule is CC(=O)/C=C(\O)c1ccc(-c2ccc([N+](=O)[O-])cc2)cc1. The molecule has 2 rings (SSSR count). The van der Waals surface area contributed by atoms with Gasteiger partial charge in [0.1, 0.15) is 5.76 Å². The van der Waals surface area contributed by atoms with Gasteiger partial charge in [0.15, 0.2) is 5.78 Å². The zero-order valence-electron chi connectivity index (χ0n) is 11.3. The minimum absolute atomic E-state index is 0.0393. The largest absolute Gasteiger partial charge is 0.507 e. The number of hydrogen-bond acceptors (Lipinski definition) is 4. The van der Waals surface area contributed by atoms with Crippen LogP contribution in [0.15, 0.2) is 54.6 Å². The lowest BCUT2D eigenvalue weighted by Gasteiger charge is -2.04. The highest BCUT2D eigenvalue weighted by molar-refractivity contribution is 5.93. The fraction of sp³-hybridized carbons (Fsp3) is 0.0625. The second-order valence-corrected chi connectivity index (χ2v) is 4.52. The van der Waals surface area contributed by atoms with E-state index in [-0.39, 0.29) is 17.2 Å². The Morgan fingerprint density at radius 1 is 1.05 bits per heavy atom. The first-order valence-electron chi connectivity index (χ1n) is 6.24. The van der Waals surface area contributed by atoms with Crippen molar-refractivity contribution in [3.05, 3.63) is 70.3 Å². The molecule has 0 aromatic heterocycles. The maximum atomic E-state index is 10.9. The Labute approximate surface area is 121 Å². The molecule has 106 valence electrons. The van der Waals surface area contributed by atoms with Crippen LogP contribution < -0.4 is 0 Å². The smallest absolute Gasteiger partial charge is 0.269 e. The molecule has 0 saturated heterocycles. The third-order valence-electron chi connectivity index (χ3n) is 2.93. The van der Waals surface area contributed by atoms with Crippen LogP contribution in [0.5, 0.6) is 0 Å². The highest BCUT2D eigenvalue weighted by Gasteiger charge is 2.06. The molecule has 0 unspecified atom stereocenters. The van der Waals surface area contributed by atoms with Gasteiger partial charge in [-0.3, -0.25) is 14.9 Å². The number of aliphatic hydroxyl groups is 1. The Kier molecular flexibility index (Phi) is 4.13. The summed E-state index contributed by atoms with van der Waals surface area (Å²) >= 11 is 0. The van der Waals surface area contributed by atoms with E-state index in [2.05, 4.69) is 0 Å². The Morgan fingerprint density at radius 2 is 1.52 bits per heavy atom. The summed E-state index contributed by atoms with van der Waals surface area (Å²) in [7, 11) is 0. The van der Waals surface area contributed by atoms with Gasteiger partial charge in [0.2, 0.25) is 0 Å². The molecule has 0 aliphatic heterocycles. The van der Waals surface area contributed by atoms with Crippen LogP contribution in [0.3, 0.4) is 0 Å². The summed E-state index contributed by atoms with van der Waals surface area (Å²) in [5, 5.41) is 20.3. The zero-order chi connectivity index (χ0) is 15.4. The standard InChI is InChI=1S/C16H13NO4/c1-11(18)10-16(19)14-4-2-12(3-5-14)13-6-8-15(9-7-13)17(20)21/h2-10,19H,1H3/b16-10-. The van der Waals surface area contributed by atoms with Crippen molar-refractivity contribution in [2.24, 2.45) is 0 Å². The Bertz CT molecular complexity index is 700. The summed E-state index contributed by atoms with van der Waals surface area (Å²) in [6.45, 7) is 1.36. The predicted octanol–water partition coefficient (Wildman–Crippen LogP) is 3.75. The molecular formula is C16H13NO4. The average molecular weight is 283 g/mol. The molecule has 0 heterocycles. The third-order valence-corrected chi connectivity index (χ3v) is 2.93. The van der Waals surface area contributed by atoms with Crippen LogP contribution in [0.25, 0.3) is 16.9 Å². The number of carbonyl (C=O) groups is 1. The fourth-order valence-electron chi connectivity index (χ4n) is 1.88. The zero-order valence-corrected chi connectivity index (χ0v) is 11.3. The highest BCUT2D eigenvalue weighted by Crippen LogP contribution is 2.24. The summed E-state index contributed by atoms with van der Waals surface area (Å²) in [5.41, 5.74) is 2.28. The number of nitrogens with zero attached hydrogens (tertiary/aromatic N) is 1. The van der Waals surface area contributed by atoms with Crippen molar-refractivity contribution in [1.82, 2.24) is 0 Å². The van der Waals surface area contributed by atoms with Crippen molar-refractivity contribution >= 4 is 17.2 Å². The monoisotopic (exact) mass is 283 g/mol. The fourth-order valence-corrected chi connectivity index (χ4v) is 1.88. The van der Waals surface area contributed by atoms with E-state index < -0.39 is 4.92 Å². The van der Waals surface area contributed by atoms with Crippen LogP contribution in [0.4, 0.5) is 5.69 Å². The number of rotatable bonds is 4. The van der Waals surface area contributed by atoms with E-state index in [0.29, 0.717) is 5.56 Å². The van der Waals surface area contributed by atoms with Gasteiger partial charge in [-0.1, -0.05) is 24.3 Å². The van der Waals surface area contributed by atoms with E-state index >= 15 is 0 Å². The molecule has 2 aromatic carbocycles. The van der Waals surface area contributed by atoms with Crippen molar-refractivity contribution < 1.29 is 14.8 Å². The molecule has 0 spiro atoms. The van der Waals surface area contributed by atoms with Crippen molar-refractivity contribution in [1.29, 1.82) is 0 Å². The second-order valence-electron chi connectivity index (χ2n) is 4.52. The van der Waals surface area contributed by atoms with Gasteiger partial charge >= 0.3 is 0 Å². The van der Waals surface area contributed by atoms with E-state index in [4.69, 9.17) is 0 Å². The summed E-state index contributed by atoms with van der Waals surface area (Å²) in [4.78, 5) is 21.1. The second kappa shape index (κ2) is 6.00. The van der Waals surface area contributed by atoms with Crippen LogP contribution in [-0.2, 0) is 4.79 Å². The molecule has 0 amide bonds. The lowest BCUT2D eigenvalue weighted by Crippen LogP contribution is -1.89. The number of carbonyl (C=O) groups excluding carboxylic acids is 1. The minimum Gasteiger partial charge on any atom is -0.507 e. The maximum absolute atomic E-state index is 10.9. The normalized spacial score (nSPS) is 11.2. The van der Waals surface area contributed by atoms with Crippen molar-refractivity contribution in [3.63, 3.8) is 0 Å². The van der Waals surface area contributed by atoms with Gasteiger partial charge in [0.05, 0.1) is 4.92 Å². The first kappa shape index (κ1) is 14.5. The van der Waals surface area contributed by atoms with Crippen LogP contribution in [-0.4, -0.2) is 15.8 Å². The average Bonchev–Trinajstić information content (AvgIpc) is 2.47. The predicted molar refractivity (Wildman–Crippen MR) is 79.8 cm³/mol. The van der Waals surface area contributed by atoms with Gasteiger partial charge < -0.3 is 5.11 Å². The molecule has 0 aliphatic carbocycles. The Hall–Kier alpha value is -2.95. The number of nitro groups is 1. The van der Waals surface area contributed by atoms with Crippen molar-refractivity contribution in [3.8, 4) is 11.1 Å². The van der Waals surface area contributed by atoms with Gasteiger partial charge in [-0.05, 0) is 30.2 Å². The lowest BCUT2D eigenvalue weighted by molar-refractivity contribution is -0.384. The molecule has 1 N–H and O–H groups in total. The molecule has 0 fully saturated rings. The van der Waals surface area contributed by atoms with Crippen LogP contribution in [0.1, 0.15) is 12.5 Å². The summed E-state index contributed by atoms with van der Waals surface area (Å²) in [6, 6.07) is 13.1. The molecule has 5 heteroatoms. The minimum atomic E-state index is -0.447. The van der Waals surface area contributed by atoms with E-state index in [1.807, 2.05) is 0 Å². The lowest BCUT2D eigenvalue weighted by atomic mass is 10.0. The maximum Gasteiger partial charge on any atom is 0.269 e. The summed E-state index contributed by atoms with van der Waals surface area (Å²) in [6.07, 6.45) is 1.15. The topological polar surface area (TPSA) is 80.4 Å². The molecule has 0 atom stereocenters. The molecule has 0 radical (unpaired) electrons. The molecule has 2 aromatic rings. The number of aliphatic hydroxyl groups excluding tert-OH is 1. The van der Waals surface area contributed by atoms with Gasteiger partial charge in [0, 0.05) is 23.8 Å². The summed E-state index contributed by atoms with van der Waals surface area (Å²) in [5.74, 6) is -0.315. The highest BCUT2D eigenvalue weighted by atomic mass is 16.6. The van der Waals surface area contributed by atoms with E-state index in [1.54, 1.807) is 36.4 Å². The van der Waals surface area contributed by atoms with Crippen LogP contribution in [0.2, 0.25) is 0 Å². The summed E-state index contributed by atoms with van der Waals surface area (Å²) < 4.78 is 0. The molecule has 0 saturated carbocycles. The van der Waals surface area contributed by atoms with Crippen molar-refractivity contribution in [2.75, 3.05) is 0 Å². The van der Waals surface area contributed by atoms with Crippen molar-refractivity contribution in [2.45, 2.75) is 6.92 Å². The van der Waals surface area contributed by atoms with Crippen LogP contribution >= 0.6 is 0 Å². The number of ketones is 1. The van der Waals surface area contributed by atoms with Crippen LogP contribution in [0, 0.1) is 10.1 Å². The Balaban J connectivity index is 2.26. The van der Waals surface area contributed by atoms with Gasteiger partial charge in [-0.25, -0.2) is 0 Å². The first-order chi connectivity index (χ1) is 9.97. The number of nitro benzene ring substituents is 1. The number of allylic oxidation sites excluding steroid dienone is 1. The first-order valence-corrected chi connectivity index (χ1v) is 6.24. The molecule has 5 nitrogen and oxygen atoms in total. The van der Waals surface area contributed by atoms with E-state index in [0.717, 1.165) is 17.2 Å². The quantitative estimate of drug-likeness (QED) is 0.401. The molecular weight excluding hydrogens is 270 g/mol. The number of non-ortho nitro benzene ring substituents is 1. The number of benzene rings is 2. The van der Waals surface area contributed by atoms with Gasteiger partial charge in [-0.15, -0.1) is 0 Å².